The Morgan fingerprint density at radius 3 is 3.15 bits per heavy atom. The Kier molecular flexibility index (Phi) is 1.94. The number of carbonyl (C=O) groups excluding carboxylic acids is 1. The van der Waals surface area contributed by atoms with Gasteiger partial charge in [0.05, 0.1) is 5.71 Å². The van der Waals surface area contributed by atoms with Gasteiger partial charge in [-0.1, -0.05) is 6.08 Å². The predicted molar refractivity (Wildman–Crippen MR) is 49.6 cm³/mol. The monoisotopic (exact) mass is 175 g/mol. The van der Waals surface area contributed by atoms with Crippen LogP contribution in [0.4, 0.5) is 0 Å². The van der Waals surface area contributed by atoms with Crippen LogP contribution < -0.4 is 0 Å². The first-order valence-corrected chi connectivity index (χ1v) is 4.03. The normalized spacial score (nSPS) is 25.3. The summed E-state index contributed by atoms with van der Waals surface area (Å²) in [6.07, 6.45) is 8.24. The Balaban J connectivity index is 2.43. The molecule has 1 aliphatic carbocycles. The van der Waals surface area contributed by atoms with Gasteiger partial charge >= 0.3 is 0 Å². The maximum Gasteiger partial charge on any atom is 0.189 e. The van der Waals surface area contributed by atoms with Crippen LogP contribution in [-0.4, -0.2) is 24.7 Å². The molecule has 0 fully saturated rings. The molecule has 2 aliphatic rings. The SMILES string of the molecule is COC1C=CC=C2C(=O)C=CN=C21. The number of aliphatic imine (C=N–C) groups is 1. The first kappa shape index (κ1) is 8.13. The minimum atomic E-state index is -0.186. The Hall–Kier alpha value is -1.48. The molecule has 1 aliphatic heterocycles. The van der Waals surface area contributed by atoms with Crippen molar-refractivity contribution in [2.45, 2.75) is 6.10 Å². The van der Waals surface area contributed by atoms with Crippen molar-refractivity contribution in [1.82, 2.24) is 0 Å². The van der Waals surface area contributed by atoms with E-state index in [-0.39, 0.29) is 11.9 Å². The van der Waals surface area contributed by atoms with Gasteiger partial charge in [-0.05, 0) is 12.2 Å². The maximum atomic E-state index is 11.4. The number of nitrogens with zero attached hydrogens (tertiary/aromatic N) is 1. The van der Waals surface area contributed by atoms with Crippen LogP contribution in [0.25, 0.3) is 0 Å². The number of carbonyl (C=O) groups is 1. The molecular weight excluding hydrogens is 166 g/mol. The van der Waals surface area contributed by atoms with Crippen molar-refractivity contribution in [3.05, 3.63) is 36.1 Å². The number of hydrogen-bond donors (Lipinski definition) is 0. The van der Waals surface area contributed by atoms with Crippen LogP contribution in [0.1, 0.15) is 0 Å². The Bertz CT molecular complexity index is 361. The summed E-state index contributed by atoms with van der Waals surface area (Å²) in [5, 5.41) is 0. The third kappa shape index (κ3) is 1.27. The molecule has 1 unspecified atom stereocenters. The molecule has 3 heteroatoms. The summed E-state index contributed by atoms with van der Waals surface area (Å²) >= 11 is 0. The first-order valence-electron chi connectivity index (χ1n) is 4.03. The molecule has 0 amide bonds. The molecule has 0 bridgehead atoms. The summed E-state index contributed by atoms with van der Waals surface area (Å²) in [6.45, 7) is 0. The third-order valence-electron chi connectivity index (χ3n) is 2.05. The molecular formula is C10H9NO2. The standard InChI is InChI=1S/C10H9NO2/c1-13-9-4-2-3-7-8(12)5-6-11-10(7)9/h2-6,9H,1H3. The molecule has 0 aromatic carbocycles. The number of ether oxygens (including phenoxy) is 1. The lowest BCUT2D eigenvalue weighted by molar-refractivity contribution is -0.111. The van der Waals surface area contributed by atoms with Crippen molar-refractivity contribution in [1.29, 1.82) is 0 Å². The lowest BCUT2D eigenvalue weighted by Gasteiger charge is -2.19. The van der Waals surface area contributed by atoms with Crippen LogP contribution in [0.3, 0.4) is 0 Å². The minimum absolute atomic E-state index is 0.00333. The topological polar surface area (TPSA) is 38.7 Å². The van der Waals surface area contributed by atoms with E-state index in [2.05, 4.69) is 4.99 Å². The summed E-state index contributed by atoms with van der Waals surface area (Å²) in [7, 11) is 1.60. The smallest absolute Gasteiger partial charge is 0.189 e. The van der Waals surface area contributed by atoms with Crippen molar-refractivity contribution in [3.63, 3.8) is 0 Å². The van der Waals surface area contributed by atoms with Crippen molar-refractivity contribution in [2.24, 2.45) is 4.99 Å². The van der Waals surface area contributed by atoms with Crippen molar-refractivity contribution >= 4 is 11.5 Å². The number of hydrogen-bond acceptors (Lipinski definition) is 3. The molecule has 0 aromatic heterocycles. The minimum Gasteiger partial charge on any atom is -0.371 e. The van der Waals surface area contributed by atoms with Gasteiger partial charge in [-0.15, -0.1) is 0 Å². The zero-order valence-corrected chi connectivity index (χ0v) is 7.23. The van der Waals surface area contributed by atoms with Crippen LogP contribution >= 0.6 is 0 Å². The van der Waals surface area contributed by atoms with Crippen LogP contribution in [-0.2, 0) is 9.53 Å². The van der Waals surface area contributed by atoms with Crippen molar-refractivity contribution < 1.29 is 9.53 Å². The quantitative estimate of drug-likeness (QED) is 0.597. The molecule has 0 N–H and O–H groups in total. The summed E-state index contributed by atoms with van der Waals surface area (Å²) in [6, 6.07) is 0. The molecule has 0 spiro atoms. The van der Waals surface area contributed by atoms with E-state index in [4.69, 9.17) is 4.74 Å². The average molecular weight is 175 g/mol. The van der Waals surface area contributed by atoms with Gasteiger partial charge in [-0.25, -0.2) is 0 Å². The van der Waals surface area contributed by atoms with Gasteiger partial charge in [-0.2, -0.15) is 0 Å². The summed E-state index contributed by atoms with van der Waals surface area (Å²) in [5.41, 5.74) is 1.34. The zero-order valence-electron chi connectivity index (χ0n) is 7.23. The number of rotatable bonds is 1. The van der Waals surface area contributed by atoms with E-state index in [0.29, 0.717) is 11.3 Å². The molecule has 13 heavy (non-hydrogen) atoms. The Labute approximate surface area is 76.1 Å². The van der Waals surface area contributed by atoms with E-state index >= 15 is 0 Å². The molecule has 0 radical (unpaired) electrons. The number of allylic oxidation sites excluding steroid dienone is 3. The van der Waals surface area contributed by atoms with Gasteiger partial charge in [0.15, 0.2) is 5.78 Å². The average Bonchev–Trinajstić information content (AvgIpc) is 2.18. The molecule has 0 aromatic rings. The lowest BCUT2D eigenvalue weighted by atomic mass is 9.95. The fraction of sp³-hybridized carbons (Fsp3) is 0.200. The largest absolute Gasteiger partial charge is 0.371 e. The molecule has 66 valence electrons. The highest BCUT2D eigenvalue weighted by atomic mass is 16.5. The summed E-state index contributed by atoms with van der Waals surface area (Å²) in [5.74, 6) is -0.00333. The van der Waals surface area contributed by atoms with Crippen LogP contribution in [0.15, 0.2) is 41.1 Å². The highest BCUT2D eigenvalue weighted by Crippen LogP contribution is 2.17. The zero-order chi connectivity index (χ0) is 9.26. The van der Waals surface area contributed by atoms with Crippen molar-refractivity contribution in [2.75, 3.05) is 7.11 Å². The Morgan fingerprint density at radius 1 is 1.54 bits per heavy atom. The number of ketones is 1. The molecule has 3 nitrogen and oxygen atoms in total. The predicted octanol–water partition coefficient (Wildman–Crippen LogP) is 1.04. The summed E-state index contributed by atoms with van der Waals surface area (Å²) in [4.78, 5) is 15.5. The van der Waals surface area contributed by atoms with Crippen LogP contribution in [0.5, 0.6) is 0 Å². The fourth-order valence-electron chi connectivity index (χ4n) is 1.40. The van der Waals surface area contributed by atoms with E-state index < -0.39 is 0 Å². The highest BCUT2D eigenvalue weighted by molar-refractivity contribution is 6.29. The van der Waals surface area contributed by atoms with Crippen LogP contribution in [0, 0.1) is 0 Å². The van der Waals surface area contributed by atoms with Gasteiger partial charge in [0.25, 0.3) is 0 Å². The van der Waals surface area contributed by atoms with Gasteiger partial charge in [0.1, 0.15) is 6.10 Å². The van der Waals surface area contributed by atoms with Gasteiger partial charge in [0, 0.05) is 25.0 Å². The molecule has 2 rings (SSSR count). The van der Waals surface area contributed by atoms with Crippen LogP contribution in [0.2, 0.25) is 0 Å². The van der Waals surface area contributed by atoms with E-state index in [1.807, 2.05) is 12.2 Å². The van der Waals surface area contributed by atoms with E-state index in [9.17, 15) is 4.79 Å². The number of methoxy groups -OCH3 is 1. The molecule has 1 atom stereocenters. The highest BCUT2D eigenvalue weighted by Gasteiger charge is 2.24. The van der Waals surface area contributed by atoms with Crippen molar-refractivity contribution in [3.8, 4) is 0 Å². The van der Waals surface area contributed by atoms with Gasteiger partial charge < -0.3 is 4.74 Å². The van der Waals surface area contributed by atoms with Gasteiger partial charge in [0.2, 0.25) is 0 Å². The lowest BCUT2D eigenvalue weighted by Crippen LogP contribution is -2.29. The van der Waals surface area contributed by atoms with E-state index in [0.717, 1.165) is 0 Å². The molecule has 1 heterocycles. The molecule has 0 saturated carbocycles. The summed E-state index contributed by atoms with van der Waals surface area (Å²) < 4.78 is 5.16. The molecule has 0 saturated heterocycles. The second-order valence-corrected chi connectivity index (χ2v) is 2.82. The third-order valence-corrected chi connectivity index (χ3v) is 2.05. The maximum absolute atomic E-state index is 11.4. The second kappa shape index (κ2) is 3.11. The van der Waals surface area contributed by atoms with E-state index in [1.165, 1.54) is 12.3 Å². The first-order chi connectivity index (χ1) is 6.33. The second-order valence-electron chi connectivity index (χ2n) is 2.82. The van der Waals surface area contributed by atoms with E-state index in [1.54, 1.807) is 13.2 Å². The Morgan fingerprint density at radius 2 is 2.38 bits per heavy atom. The fourth-order valence-corrected chi connectivity index (χ4v) is 1.40. The van der Waals surface area contributed by atoms with Gasteiger partial charge in [-0.3, -0.25) is 9.79 Å². The number of fused-ring (bicyclic) bond motifs is 1.